The quantitative estimate of drug-likeness (QED) is 0.790. The van der Waals surface area contributed by atoms with E-state index >= 15 is 0 Å². The van der Waals surface area contributed by atoms with E-state index in [1.54, 1.807) is 0 Å². The number of nitrogens with zero attached hydrogens (tertiary/aromatic N) is 1. The van der Waals surface area contributed by atoms with Crippen molar-refractivity contribution in [2.75, 3.05) is 26.7 Å². The van der Waals surface area contributed by atoms with E-state index in [0.717, 1.165) is 32.1 Å². The number of hydrogen-bond acceptors (Lipinski definition) is 2. The fraction of sp³-hybridized carbons (Fsp3) is 0.538. The molecule has 0 aliphatic rings. The van der Waals surface area contributed by atoms with Crippen LogP contribution in [0.4, 0.5) is 8.78 Å². The maximum Gasteiger partial charge on any atom is 0.126 e. The Morgan fingerprint density at radius 2 is 1.76 bits per heavy atom. The fourth-order valence-corrected chi connectivity index (χ4v) is 1.82. The third-order valence-electron chi connectivity index (χ3n) is 2.55. The van der Waals surface area contributed by atoms with Gasteiger partial charge in [0.1, 0.15) is 11.6 Å². The van der Waals surface area contributed by atoms with Gasteiger partial charge < -0.3 is 5.32 Å². The van der Waals surface area contributed by atoms with Gasteiger partial charge in [-0.05, 0) is 37.7 Å². The lowest BCUT2D eigenvalue weighted by Gasteiger charge is -2.21. The molecule has 1 aromatic rings. The van der Waals surface area contributed by atoms with Crippen molar-refractivity contribution in [1.29, 1.82) is 0 Å². The molecule has 0 radical (unpaired) electrons. The van der Waals surface area contributed by atoms with E-state index in [4.69, 9.17) is 0 Å². The zero-order chi connectivity index (χ0) is 12.7. The van der Waals surface area contributed by atoms with Crippen molar-refractivity contribution < 1.29 is 8.78 Å². The van der Waals surface area contributed by atoms with Crippen LogP contribution in [0.5, 0.6) is 0 Å². The molecule has 0 amide bonds. The molecule has 0 heterocycles. The van der Waals surface area contributed by atoms with Gasteiger partial charge in [0.25, 0.3) is 0 Å². The number of likely N-dealkylation sites (N-methyl/N-ethyl adjacent to an activating group) is 1. The van der Waals surface area contributed by atoms with Gasteiger partial charge in [0.2, 0.25) is 0 Å². The van der Waals surface area contributed by atoms with Crippen LogP contribution in [-0.2, 0) is 6.54 Å². The Kier molecular flexibility index (Phi) is 6.08. The van der Waals surface area contributed by atoms with Gasteiger partial charge in [-0.2, -0.15) is 0 Å². The summed E-state index contributed by atoms with van der Waals surface area (Å²) in [5.74, 6) is -1.02. The van der Waals surface area contributed by atoms with Crippen molar-refractivity contribution >= 4 is 0 Å². The lowest BCUT2D eigenvalue weighted by Crippen LogP contribution is -2.31. The fourth-order valence-electron chi connectivity index (χ4n) is 1.82. The summed E-state index contributed by atoms with van der Waals surface area (Å²) in [5.41, 5.74) is 0.687. The Bertz CT molecular complexity index is 322. The Balaban J connectivity index is 2.63. The molecule has 0 aliphatic carbocycles. The largest absolute Gasteiger partial charge is 0.318 e. The Labute approximate surface area is 102 Å². The lowest BCUT2D eigenvalue weighted by atomic mass is 10.2. The molecule has 0 bridgehead atoms. The van der Waals surface area contributed by atoms with Crippen LogP contribution < -0.4 is 5.32 Å². The van der Waals surface area contributed by atoms with Crippen LogP contribution in [0.25, 0.3) is 0 Å². The molecule has 0 fully saturated rings. The third kappa shape index (κ3) is 5.24. The molecule has 0 spiro atoms. The Morgan fingerprint density at radius 1 is 1.12 bits per heavy atom. The highest BCUT2D eigenvalue weighted by Gasteiger charge is 2.07. The van der Waals surface area contributed by atoms with Gasteiger partial charge in [0.15, 0.2) is 0 Å². The van der Waals surface area contributed by atoms with Gasteiger partial charge in [-0.25, -0.2) is 8.78 Å². The van der Waals surface area contributed by atoms with E-state index in [1.165, 1.54) is 12.1 Å². The zero-order valence-electron chi connectivity index (χ0n) is 10.5. The van der Waals surface area contributed by atoms with E-state index < -0.39 is 11.6 Å². The standard InChI is InChI=1S/C13H20F2N2/c1-3-5-17(6-4-16-2)10-11-7-12(14)9-13(15)8-11/h7-9,16H,3-6,10H2,1-2H3. The molecule has 0 saturated carbocycles. The van der Waals surface area contributed by atoms with Crippen molar-refractivity contribution in [2.24, 2.45) is 0 Å². The average Bonchev–Trinajstić information content (AvgIpc) is 2.24. The first-order valence-corrected chi connectivity index (χ1v) is 5.97. The summed E-state index contributed by atoms with van der Waals surface area (Å²) in [6, 6.07) is 3.69. The Hall–Kier alpha value is -1.00. The lowest BCUT2D eigenvalue weighted by molar-refractivity contribution is 0.267. The minimum absolute atomic E-state index is 0.509. The van der Waals surface area contributed by atoms with Crippen LogP contribution in [0.3, 0.4) is 0 Å². The minimum atomic E-state index is -0.509. The molecular weight excluding hydrogens is 222 g/mol. The van der Waals surface area contributed by atoms with E-state index in [-0.39, 0.29) is 0 Å². The molecule has 0 aromatic heterocycles. The van der Waals surface area contributed by atoms with Crippen LogP contribution in [0.2, 0.25) is 0 Å². The normalized spacial score (nSPS) is 11.1. The van der Waals surface area contributed by atoms with Crippen molar-refractivity contribution in [3.8, 4) is 0 Å². The number of nitrogens with one attached hydrogen (secondary N) is 1. The first kappa shape index (κ1) is 14.1. The summed E-state index contributed by atoms with van der Waals surface area (Å²) in [5, 5.41) is 3.08. The maximum atomic E-state index is 13.0. The average molecular weight is 242 g/mol. The molecule has 0 saturated heterocycles. The zero-order valence-corrected chi connectivity index (χ0v) is 10.5. The highest BCUT2D eigenvalue weighted by atomic mass is 19.1. The van der Waals surface area contributed by atoms with Gasteiger partial charge >= 0.3 is 0 Å². The summed E-state index contributed by atoms with van der Waals surface area (Å²) >= 11 is 0. The molecule has 2 nitrogen and oxygen atoms in total. The number of hydrogen-bond donors (Lipinski definition) is 1. The molecule has 0 atom stereocenters. The number of rotatable bonds is 7. The second-order valence-electron chi connectivity index (χ2n) is 4.16. The highest BCUT2D eigenvalue weighted by Crippen LogP contribution is 2.10. The first-order chi connectivity index (χ1) is 8.15. The summed E-state index contributed by atoms with van der Waals surface area (Å²) < 4.78 is 26.1. The SMILES string of the molecule is CCCN(CCNC)Cc1cc(F)cc(F)c1. The van der Waals surface area contributed by atoms with Crippen LogP contribution in [0.15, 0.2) is 18.2 Å². The predicted octanol–water partition coefficient (Wildman–Crippen LogP) is 2.40. The second-order valence-corrected chi connectivity index (χ2v) is 4.16. The van der Waals surface area contributed by atoms with Crippen molar-refractivity contribution in [2.45, 2.75) is 19.9 Å². The first-order valence-electron chi connectivity index (χ1n) is 5.97. The van der Waals surface area contributed by atoms with E-state index in [2.05, 4.69) is 17.1 Å². The number of benzene rings is 1. The molecule has 17 heavy (non-hydrogen) atoms. The second kappa shape index (κ2) is 7.35. The van der Waals surface area contributed by atoms with Gasteiger partial charge in [-0.1, -0.05) is 6.92 Å². The molecule has 0 aliphatic heterocycles. The predicted molar refractivity (Wildman–Crippen MR) is 65.9 cm³/mol. The topological polar surface area (TPSA) is 15.3 Å². The highest BCUT2D eigenvalue weighted by molar-refractivity contribution is 5.17. The van der Waals surface area contributed by atoms with Crippen molar-refractivity contribution in [3.63, 3.8) is 0 Å². The molecule has 1 rings (SSSR count). The maximum absolute atomic E-state index is 13.0. The van der Waals surface area contributed by atoms with E-state index in [9.17, 15) is 8.78 Å². The van der Waals surface area contributed by atoms with E-state index in [0.29, 0.717) is 12.1 Å². The Morgan fingerprint density at radius 3 is 2.29 bits per heavy atom. The summed E-state index contributed by atoms with van der Waals surface area (Å²) in [4.78, 5) is 2.19. The van der Waals surface area contributed by atoms with Crippen molar-refractivity contribution in [3.05, 3.63) is 35.4 Å². The third-order valence-corrected chi connectivity index (χ3v) is 2.55. The summed E-state index contributed by atoms with van der Waals surface area (Å²) in [7, 11) is 1.89. The van der Waals surface area contributed by atoms with Crippen LogP contribution in [0.1, 0.15) is 18.9 Å². The molecule has 0 unspecified atom stereocenters. The van der Waals surface area contributed by atoms with Crippen LogP contribution in [-0.4, -0.2) is 31.6 Å². The summed E-state index contributed by atoms with van der Waals surface area (Å²) in [6.07, 6.45) is 1.03. The van der Waals surface area contributed by atoms with E-state index in [1.807, 2.05) is 7.05 Å². The molecular formula is C13H20F2N2. The minimum Gasteiger partial charge on any atom is -0.318 e. The van der Waals surface area contributed by atoms with Gasteiger partial charge in [0, 0.05) is 25.7 Å². The van der Waals surface area contributed by atoms with Crippen LogP contribution >= 0.6 is 0 Å². The van der Waals surface area contributed by atoms with Gasteiger partial charge in [-0.3, -0.25) is 4.90 Å². The van der Waals surface area contributed by atoms with Crippen molar-refractivity contribution in [1.82, 2.24) is 10.2 Å². The molecule has 1 N–H and O–H groups in total. The molecule has 4 heteroatoms. The van der Waals surface area contributed by atoms with Gasteiger partial charge in [0.05, 0.1) is 0 Å². The number of halogens is 2. The van der Waals surface area contributed by atoms with Gasteiger partial charge in [-0.15, -0.1) is 0 Å². The molecule has 96 valence electrons. The monoisotopic (exact) mass is 242 g/mol. The molecule has 1 aromatic carbocycles. The smallest absolute Gasteiger partial charge is 0.126 e. The summed E-state index contributed by atoms with van der Waals surface area (Å²) in [6.45, 7) is 5.36. The van der Waals surface area contributed by atoms with Crippen LogP contribution in [0, 0.1) is 11.6 Å².